The summed E-state index contributed by atoms with van der Waals surface area (Å²) < 4.78 is 5.65. The van der Waals surface area contributed by atoms with E-state index in [0.29, 0.717) is 12.6 Å². The summed E-state index contributed by atoms with van der Waals surface area (Å²) in [5.41, 5.74) is 3.23. The third kappa shape index (κ3) is 3.90. The van der Waals surface area contributed by atoms with Crippen LogP contribution >= 0.6 is 0 Å². The first kappa shape index (κ1) is 15.2. The lowest BCUT2D eigenvalue weighted by Crippen LogP contribution is -2.36. The van der Waals surface area contributed by atoms with Crippen LogP contribution in [0.4, 0.5) is 0 Å². The molecule has 0 saturated carbocycles. The first-order chi connectivity index (χ1) is 9.60. The summed E-state index contributed by atoms with van der Waals surface area (Å²) in [5.74, 6) is 0.202. The molecule has 1 aliphatic heterocycles. The molecule has 0 bridgehead atoms. The maximum Gasteiger partial charge on any atom is 0.176 e. The number of ether oxygens (including phenoxy) is 1. The fraction of sp³-hybridized carbons (Fsp3) is 0.588. The Bertz CT molecular complexity index is 464. The van der Waals surface area contributed by atoms with E-state index in [-0.39, 0.29) is 5.78 Å². The normalized spacial score (nSPS) is 18.7. The van der Waals surface area contributed by atoms with Crippen molar-refractivity contribution in [3.05, 3.63) is 34.9 Å². The summed E-state index contributed by atoms with van der Waals surface area (Å²) in [6, 6.07) is 5.96. The smallest absolute Gasteiger partial charge is 0.176 e. The summed E-state index contributed by atoms with van der Waals surface area (Å²) in [6.45, 7) is 9.33. The van der Waals surface area contributed by atoms with Gasteiger partial charge in [0.05, 0.1) is 12.6 Å². The number of aryl methyl sites for hydroxylation is 2. The number of likely N-dealkylation sites (N-methyl/N-ethyl adjacent to an activating group) is 1. The number of carbonyl (C=O) groups excluding carboxylic acids is 1. The molecule has 2 rings (SSSR count). The number of benzene rings is 1. The van der Waals surface area contributed by atoms with E-state index < -0.39 is 0 Å². The van der Waals surface area contributed by atoms with Gasteiger partial charge in [0.25, 0.3) is 0 Å². The molecular weight excluding hydrogens is 250 g/mol. The molecule has 0 aromatic heterocycles. The van der Waals surface area contributed by atoms with Crippen LogP contribution in [-0.2, 0) is 4.74 Å². The fourth-order valence-corrected chi connectivity index (χ4v) is 2.59. The summed E-state index contributed by atoms with van der Waals surface area (Å²) in [5, 5.41) is 0. The lowest BCUT2D eigenvalue weighted by Gasteiger charge is -2.23. The Morgan fingerprint density at radius 3 is 2.75 bits per heavy atom. The Labute approximate surface area is 121 Å². The molecule has 1 aromatic rings. The molecule has 1 aromatic carbocycles. The maximum absolute atomic E-state index is 12.4. The highest BCUT2D eigenvalue weighted by molar-refractivity contribution is 5.97. The van der Waals surface area contributed by atoms with Gasteiger partial charge in [0.2, 0.25) is 0 Å². The van der Waals surface area contributed by atoms with Crippen LogP contribution in [0, 0.1) is 13.8 Å². The van der Waals surface area contributed by atoms with E-state index in [9.17, 15) is 4.79 Å². The van der Waals surface area contributed by atoms with Crippen LogP contribution in [0.15, 0.2) is 18.2 Å². The van der Waals surface area contributed by atoms with Crippen molar-refractivity contribution in [3.8, 4) is 0 Å². The molecule has 1 heterocycles. The number of nitrogens with zero attached hydrogens (tertiary/aromatic N) is 1. The second-order valence-electron chi connectivity index (χ2n) is 5.68. The van der Waals surface area contributed by atoms with Crippen molar-refractivity contribution >= 4 is 5.78 Å². The highest BCUT2D eigenvalue weighted by Crippen LogP contribution is 2.14. The number of Topliss-reactive ketones (excluding diaryl/α,β-unsaturated/α-hetero) is 1. The molecule has 3 nitrogen and oxygen atoms in total. The van der Waals surface area contributed by atoms with E-state index in [1.807, 2.05) is 18.2 Å². The Kier molecular flexibility index (Phi) is 5.32. The van der Waals surface area contributed by atoms with Crippen LogP contribution in [0.5, 0.6) is 0 Å². The minimum Gasteiger partial charge on any atom is -0.377 e. The standard InChI is InChI=1S/C17H25NO2/c1-4-18(11-16-6-5-9-20-16)12-17(19)15-8-7-13(2)14(3)10-15/h7-8,10,16H,4-6,9,11-12H2,1-3H3. The average Bonchev–Trinajstić information content (AvgIpc) is 2.93. The topological polar surface area (TPSA) is 29.5 Å². The molecule has 1 fully saturated rings. The SMILES string of the molecule is CCN(CC(=O)c1ccc(C)c(C)c1)CC1CCCO1. The van der Waals surface area contributed by atoms with Crippen LogP contribution in [0.2, 0.25) is 0 Å². The van der Waals surface area contributed by atoms with Gasteiger partial charge in [-0.25, -0.2) is 0 Å². The summed E-state index contributed by atoms with van der Waals surface area (Å²) in [6.07, 6.45) is 2.57. The Balaban J connectivity index is 1.95. The first-order valence-electron chi connectivity index (χ1n) is 7.54. The minimum absolute atomic E-state index is 0.202. The van der Waals surface area contributed by atoms with Crippen molar-refractivity contribution in [2.45, 2.75) is 39.7 Å². The molecule has 110 valence electrons. The zero-order valence-electron chi connectivity index (χ0n) is 12.8. The van der Waals surface area contributed by atoms with E-state index in [1.165, 1.54) is 11.1 Å². The Hall–Kier alpha value is -1.19. The first-order valence-corrected chi connectivity index (χ1v) is 7.54. The molecule has 3 heteroatoms. The molecule has 0 radical (unpaired) electrons. The van der Waals surface area contributed by atoms with Gasteiger partial charge in [-0.2, -0.15) is 0 Å². The van der Waals surface area contributed by atoms with Gasteiger partial charge in [0.15, 0.2) is 5.78 Å². The van der Waals surface area contributed by atoms with E-state index in [4.69, 9.17) is 4.74 Å². The lowest BCUT2D eigenvalue weighted by atomic mass is 10.0. The van der Waals surface area contributed by atoms with Gasteiger partial charge in [-0.3, -0.25) is 9.69 Å². The van der Waals surface area contributed by atoms with Crippen molar-refractivity contribution in [2.75, 3.05) is 26.2 Å². The number of rotatable bonds is 6. The van der Waals surface area contributed by atoms with Crippen LogP contribution < -0.4 is 0 Å². The van der Waals surface area contributed by atoms with Crippen LogP contribution in [-0.4, -0.2) is 43.0 Å². The highest BCUT2D eigenvalue weighted by atomic mass is 16.5. The van der Waals surface area contributed by atoms with Gasteiger partial charge in [-0.15, -0.1) is 0 Å². The van der Waals surface area contributed by atoms with Crippen LogP contribution in [0.3, 0.4) is 0 Å². The van der Waals surface area contributed by atoms with Crippen molar-refractivity contribution in [1.29, 1.82) is 0 Å². The Morgan fingerprint density at radius 1 is 1.35 bits per heavy atom. The lowest BCUT2D eigenvalue weighted by molar-refractivity contribution is 0.0686. The van der Waals surface area contributed by atoms with Crippen LogP contribution in [0.25, 0.3) is 0 Å². The molecule has 1 aliphatic rings. The number of carbonyl (C=O) groups is 1. The van der Waals surface area contributed by atoms with E-state index >= 15 is 0 Å². The van der Waals surface area contributed by atoms with Crippen molar-refractivity contribution in [3.63, 3.8) is 0 Å². The number of hydrogen-bond donors (Lipinski definition) is 0. The quantitative estimate of drug-likeness (QED) is 0.748. The third-order valence-corrected chi connectivity index (χ3v) is 4.13. The summed E-state index contributed by atoms with van der Waals surface area (Å²) in [7, 11) is 0. The van der Waals surface area contributed by atoms with Gasteiger partial charge in [0, 0.05) is 18.7 Å². The van der Waals surface area contributed by atoms with Gasteiger partial charge in [0.1, 0.15) is 0 Å². The Morgan fingerprint density at radius 2 is 2.15 bits per heavy atom. The van der Waals surface area contributed by atoms with Gasteiger partial charge >= 0.3 is 0 Å². The second-order valence-corrected chi connectivity index (χ2v) is 5.68. The molecule has 20 heavy (non-hydrogen) atoms. The summed E-state index contributed by atoms with van der Waals surface area (Å²) >= 11 is 0. The maximum atomic E-state index is 12.4. The van der Waals surface area contributed by atoms with Crippen LogP contribution in [0.1, 0.15) is 41.3 Å². The van der Waals surface area contributed by atoms with E-state index in [1.54, 1.807) is 0 Å². The molecule has 0 spiro atoms. The highest BCUT2D eigenvalue weighted by Gasteiger charge is 2.20. The van der Waals surface area contributed by atoms with E-state index in [0.717, 1.165) is 38.1 Å². The van der Waals surface area contributed by atoms with Gasteiger partial charge < -0.3 is 4.74 Å². The molecule has 1 saturated heterocycles. The third-order valence-electron chi connectivity index (χ3n) is 4.13. The fourth-order valence-electron chi connectivity index (χ4n) is 2.59. The van der Waals surface area contributed by atoms with Gasteiger partial charge in [-0.1, -0.05) is 19.1 Å². The van der Waals surface area contributed by atoms with E-state index in [2.05, 4.69) is 25.7 Å². The molecular formula is C17H25NO2. The number of hydrogen-bond acceptors (Lipinski definition) is 3. The zero-order valence-corrected chi connectivity index (χ0v) is 12.8. The average molecular weight is 275 g/mol. The molecule has 0 N–H and O–H groups in total. The van der Waals surface area contributed by atoms with Crippen molar-refractivity contribution in [2.24, 2.45) is 0 Å². The van der Waals surface area contributed by atoms with Crippen molar-refractivity contribution in [1.82, 2.24) is 4.90 Å². The van der Waals surface area contributed by atoms with Gasteiger partial charge in [-0.05, 0) is 50.4 Å². The molecule has 1 atom stereocenters. The number of ketones is 1. The summed E-state index contributed by atoms with van der Waals surface area (Å²) in [4.78, 5) is 14.6. The molecule has 0 amide bonds. The molecule has 0 aliphatic carbocycles. The monoisotopic (exact) mass is 275 g/mol. The molecule has 1 unspecified atom stereocenters. The largest absolute Gasteiger partial charge is 0.377 e. The van der Waals surface area contributed by atoms with Crippen molar-refractivity contribution < 1.29 is 9.53 Å². The zero-order chi connectivity index (χ0) is 14.5. The second kappa shape index (κ2) is 7.00. The predicted octanol–water partition coefficient (Wildman–Crippen LogP) is 2.99. The minimum atomic E-state index is 0.202. The predicted molar refractivity (Wildman–Crippen MR) is 81.3 cm³/mol.